The van der Waals surface area contributed by atoms with Gasteiger partial charge >= 0.3 is 11.9 Å². The van der Waals surface area contributed by atoms with E-state index in [4.69, 9.17) is 9.47 Å². The van der Waals surface area contributed by atoms with E-state index in [1.165, 1.54) is 180 Å². The molecule has 0 aliphatic carbocycles. The van der Waals surface area contributed by atoms with E-state index in [9.17, 15) is 14.4 Å². The third-order valence-electron chi connectivity index (χ3n) is 12.6. The van der Waals surface area contributed by atoms with E-state index in [1.54, 1.807) is 0 Å². The van der Waals surface area contributed by atoms with Crippen LogP contribution in [0, 0.1) is 11.8 Å². The van der Waals surface area contributed by atoms with Gasteiger partial charge in [-0.1, -0.05) is 195 Å². The van der Waals surface area contributed by atoms with Gasteiger partial charge in [0.1, 0.15) is 0 Å². The van der Waals surface area contributed by atoms with Gasteiger partial charge in [0.2, 0.25) is 5.91 Å². The van der Waals surface area contributed by atoms with Crippen LogP contribution in [0.3, 0.4) is 0 Å². The maximum atomic E-state index is 12.8. The highest BCUT2D eigenvalue weighted by Crippen LogP contribution is 2.23. The summed E-state index contributed by atoms with van der Waals surface area (Å²) in [5.41, 5.74) is 0. The van der Waals surface area contributed by atoms with E-state index < -0.39 is 0 Å². The van der Waals surface area contributed by atoms with E-state index in [2.05, 4.69) is 52.0 Å². The highest BCUT2D eigenvalue weighted by molar-refractivity contribution is 5.76. The number of nitrogens with one attached hydrogen (secondary N) is 1. The van der Waals surface area contributed by atoms with E-state index in [1.807, 2.05) is 0 Å². The molecule has 0 aromatic carbocycles. The smallest absolute Gasteiger partial charge is 0.306 e. The van der Waals surface area contributed by atoms with Gasteiger partial charge in [0, 0.05) is 25.3 Å². The number of unbranched alkanes of at least 4 members (excludes halogenated alkanes) is 22. The number of hydrogen-bond acceptors (Lipinski definition) is 6. The predicted molar refractivity (Wildman–Crippen MR) is 258 cm³/mol. The van der Waals surface area contributed by atoms with Crippen LogP contribution in [0.15, 0.2) is 0 Å². The van der Waals surface area contributed by atoms with Crippen molar-refractivity contribution in [2.75, 3.05) is 33.9 Å². The Balaban J connectivity index is 4.20. The first-order valence-electron chi connectivity index (χ1n) is 26.5. The average Bonchev–Trinajstić information content (AvgIpc) is 3.21. The SMILES string of the molecule is CCCCCC(CCCCC)CC(=O)OCCCCCCCCCCC(CCCCCCCCCCOC(=O)CC(CCCCC)CCCCC)NC(=O)CCCN(C)C. The van der Waals surface area contributed by atoms with Crippen LogP contribution in [-0.2, 0) is 23.9 Å². The molecule has 60 heavy (non-hydrogen) atoms. The Hall–Kier alpha value is -1.63. The van der Waals surface area contributed by atoms with Crippen molar-refractivity contribution in [3.8, 4) is 0 Å². The van der Waals surface area contributed by atoms with E-state index in [-0.39, 0.29) is 17.8 Å². The molecule has 0 radical (unpaired) electrons. The molecule has 0 spiro atoms. The summed E-state index contributed by atoms with van der Waals surface area (Å²) in [4.78, 5) is 39.9. The normalized spacial score (nSPS) is 11.7. The van der Waals surface area contributed by atoms with Gasteiger partial charge in [-0.2, -0.15) is 0 Å². The molecule has 0 atom stereocenters. The summed E-state index contributed by atoms with van der Waals surface area (Å²) < 4.78 is 11.3. The fourth-order valence-corrected chi connectivity index (χ4v) is 8.64. The first-order valence-corrected chi connectivity index (χ1v) is 26.5. The second kappa shape index (κ2) is 45.4. The number of nitrogens with zero attached hydrogens (tertiary/aromatic N) is 1. The fourth-order valence-electron chi connectivity index (χ4n) is 8.64. The Morgan fingerprint density at radius 1 is 0.417 bits per heavy atom. The molecule has 0 saturated heterocycles. The molecule has 0 bridgehead atoms. The van der Waals surface area contributed by atoms with Gasteiger partial charge in [-0.25, -0.2) is 0 Å². The summed E-state index contributed by atoms with van der Waals surface area (Å²) in [6.45, 7) is 11.1. The van der Waals surface area contributed by atoms with Gasteiger partial charge in [0.05, 0.1) is 13.2 Å². The summed E-state index contributed by atoms with van der Waals surface area (Å²) in [6, 6.07) is 0.299. The van der Waals surface area contributed by atoms with Crippen LogP contribution in [0.25, 0.3) is 0 Å². The monoisotopic (exact) mass is 849 g/mol. The summed E-state index contributed by atoms with van der Waals surface area (Å²) in [6.07, 6.45) is 43.6. The average molecular weight is 849 g/mol. The number of esters is 2. The molecule has 0 heterocycles. The van der Waals surface area contributed by atoms with Crippen LogP contribution in [0.4, 0.5) is 0 Å². The number of ether oxygens (including phenoxy) is 2. The van der Waals surface area contributed by atoms with Crippen molar-refractivity contribution >= 4 is 17.8 Å². The molecule has 1 N–H and O–H groups in total. The Morgan fingerprint density at radius 2 is 0.733 bits per heavy atom. The van der Waals surface area contributed by atoms with Gasteiger partial charge in [0.25, 0.3) is 0 Å². The first-order chi connectivity index (χ1) is 29.2. The molecule has 7 nitrogen and oxygen atoms in total. The summed E-state index contributed by atoms with van der Waals surface area (Å²) in [5.74, 6) is 1.26. The Labute approximate surface area is 374 Å². The molecule has 356 valence electrons. The van der Waals surface area contributed by atoms with Gasteiger partial charge in [-0.15, -0.1) is 0 Å². The maximum absolute atomic E-state index is 12.8. The third-order valence-corrected chi connectivity index (χ3v) is 12.6. The lowest BCUT2D eigenvalue weighted by Crippen LogP contribution is -2.35. The molecule has 0 saturated carbocycles. The molecular formula is C53H104N2O5. The molecule has 7 heteroatoms. The van der Waals surface area contributed by atoms with Crippen LogP contribution in [-0.4, -0.2) is 62.6 Å². The Morgan fingerprint density at radius 3 is 1.07 bits per heavy atom. The van der Waals surface area contributed by atoms with Crippen LogP contribution in [0.5, 0.6) is 0 Å². The number of amides is 1. The lowest BCUT2D eigenvalue weighted by atomic mass is 9.92. The second-order valence-corrected chi connectivity index (χ2v) is 19.0. The van der Waals surface area contributed by atoms with Crippen molar-refractivity contribution in [1.29, 1.82) is 0 Å². The number of hydrogen-bond donors (Lipinski definition) is 1. The standard InChI is InChI=1S/C53H104N2O5/c1-7-11-27-36-48(37-28-12-8-2)46-52(57)59-44-33-25-21-17-15-19-23-31-40-50(54-51(56)42-35-43-55(5)6)41-32-24-20-16-18-22-26-34-45-60-53(58)47-49(38-29-13-9-3)39-30-14-10-4/h48-50H,7-47H2,1-6H3,(H,54,56). The topological polar surface area (TPSA) is 84.9 Å². The minimum atomic E-state index is 0.0178. The quantitative estimate of drug-likeness (QED) is 0.0485. The van der Waals surface area contributed by atoms with Crippen molar-refractivity contribution in [2.24, 2.45) is 11.8 Å². The minimum absolute atomic E-state index is 0.0178. The van der Waals surface area contributed by atoms with Crippen LogP contribution in [0.1, 0.15) is 272 Å². The van der Waals surface area contributed by atoms with Gasteiger partial charge in [-0.3, -0.25) is 14.4 Å². The van der Waals surface area contributed by atoms with Crippen molar-refractivity contribution < 1.29 is 23.9 Å². The van der Waals surface area contributed by atoms with Gasteiger partial charge < -0.3 is 19.7 Å². The summed E-state index contributed by atoms with van der Waals surface area (Å²) >= 11 is 0. The van der Waals surface area contributed by atoms with E-state index in [0.29, 0.717) is 50.4 Å². The number of carbonyl (C=O) groups excluding carboxylic acids is 3. The fraction of sp³-hybridized carbons (Fsp3) is 0.943. The minimum Gasteiger partial charge on any atom is -0.466 e. The molecule has 0 aromatic heterocycles. The first kappa shape index (κ1) is 58.4. The Bertz CT molecular complexity index is 862. The number of rotatable bonds is 47. The van der Waals surface area contributed by atoms with Crippen LogP contribution in [0.2, 0.25) is 0 Å². The zero-order valence-corrected chi connectivity index (χ0v) is 41.2. The second-order valence-electron chi connectivity index (χ2n) is 19.0. The molecule has 0 aliphatic rings. The molecule has 0 aromatic rings. The molecule has 0 rings (SSSR count). The van der Waals surface area contributed by atoms with E-state index in [0.717, 1.165) is 51.5 Å². The van der Waals surface area contributed by atoms with Crippen LogP contribution < -0.4 is 5.32 Å². The molecule has 0 aliphatic heterocycles. The largest absolute Gasteiger partial charge is 0.466 e. The third kappa shape index (κ3) is 41.7. The summed E-state index contributed by atoms with van der Waals surface area (Å²) in [5, 5.41) is 3.40. The lowest BCUT2D eigenvalue weighted by molar-refractivity contribution is -0.146. The van der Waals surface area contributed by atoms with Crippen LogP contribution >= 0.6 is 0 Å². The highest BCUT2D eigenvalue weighted by Gasteiger charge is 2.16. The van der Waals surface area contributed by atoms with Crippen molar-refractivity contribution in [1.82, 2.24) is 10.2 Å². The molecular weight excluding hydrogens is 745 g/mol. The molecule has 0 unspecified atom stereocenters. The van der Waals surface area contributed by atoms with Gasteiger partial charge in [0.15, 0.2) is 0 Å². The highest BCUT2D eigenvalue weighted by atomic mass is 16.5. The molecule has 0 fully saturated rings. The lowest BCUT2D eigenvalue weighted by Gasteiger charge is -2.19. The van der Waals surface area contributed by atoms with Crippen molar-refractivity contribution in [3.63, 3.8) is 0 Å². The predicted octanol–water partition coefficient (Wildman–Crippen LogP) is 15.3. The van der Waals surface area contributed by atoms with Gasteiger partial charge in [-0.05, 0) is 90.3 Å². The van der Waals surface area contributed by atoms with Crippen molar-refractivity contribution in [3.05, 3.63) is 0 Å². The zero-order chi connectivity index (χ0) is 44.2. The van der Waals surface area contributed by atoms with Crippen molar-refractivity contribution in [2.45, 2.75) is 278 Å². The number of carbonyl (C=O) groups is 3. The zero-order valence-electron chi connectivity index (χ0n) is 41.2. The molecule has 1 amide bonds. The Kier molecular flexibility index (Phi) is 44.2. The maximum Gasteiger partial charge on any atom is 0.306 e. The van der Waals surface area contributed by atoms with E-state index >= 15 is 0 Å². The summed E-state index contributed by atoms with van der Waals surface area (Å²) in [7, 11) is 4.13.